The van der Waals surface area contributed by atoms with Gasteiger partial charge in [0.05, 0.1) is 5.56 Å². The Morgan fingerprint density at radius 3 is 2.14 bits per heavy atom. The van der Waals surface area contributed by atoms with Crippen molar-refractivity contribution in [2.75, 3.05) is 0 Å². The molecule has 21 heavy (non-hydrogen) atoms. The zero-order chi connectivity index (χ0) is 15.3. The topological polar surface area (TPSA) is 0 Å². The molecule has 2 aromatic rings. The van der Waals surface area contributed by atoms with Gasteiger partial charge < -0.3 is 0 Å². The van der Waals surface area contributed by atoms with E-state index in [4.69, 9.17) is 0 Å². The lowest BCUT2D eigenvalue weighted by molar-refractivity contribution is -0.136. The largest absolute Gasteiger partial charge is 0.415 e. The smallest absolute Gasteiger partial charge is 0.166 e. The molecule has 0 heterocycles. The molecule has 4 heteroatoms. The molecule has 0 N–H and O–H groups in total. The van der Waals surface area contributed by atoms with E-state index < -0.39 is 11.7 Å². The lowest BCUT2D eigenvalue weighted by Gasteiger charge is -2.19. The highest BCUT2D eigenvalue weighted by atomic mass is 19.4. The summed E-state index contributed by atoms with van der Waals surface area (Å²) in [6, 6.07) is 15.4. The molecule has 0 radical (unpaired) electrons. The van der Waals surface area contributed by atoms with Crippen LogP contribution in [0.25, 0.3) is 0 Å². The summed E-state index contributed by atoms with van der Waals surface area (Å²) in [7, 11) is 0. The molecule has 0 aliphatic carbocycles. The number of rotatable bonds is 5. The first-order chi connectivity index (χ1) is 10.0. The summed E-state index contributed by atoms with van der Waals surface area (Å²) in [5, 5.41) is 0. The molecule has 0 aromatic heterocycles. The molecule has 0 aliphatic rings. The maximum absolute atomic E-state index is 13.2. The van der Waals surface area contributed by atoms with Crippen LogP contribution in [0.3, 0.4) is 0 Å². The summed E-state index contributed by atoms with van der Waals surface area (Å²) < 4.78 is 39.7. The van der Waals surface area contributed by atoms with Crippen molar-refractivity contribution in [2.45, 2.75) is 32.3 Å². The van der Waals surface area contributed by atoms with Gasteiger partial charge in [-0.15, -0.1) is 0 Å². The summed E-state index contributed by atoms with van der Waals surface area (Å²) >= 11 is 0. The van der Waals surface area contributed by atoms with Crippen LogP contribution in [-0.2, 0) is 6.18 Å². The lowest BCUT2D eigenvalue weighted by Crippen LogP contribution is -2.45. The standard InChI is InChI=1S/C17H18BF3/c1-2-3-13-18(14-9-5-4-6-10-14)16-12-8-7-11-15(16)17(19,20)21/h4-12H,2-3,13H2,1H3. The van der Waals surface area contributed by atoms with Crippen molar-refractivity contribution < 1.29 is 13.2 Å². The molecule has 0 aliphatic heterocycles. The molecule has 110 valence electrons. The van der Waals surface area contributed by atoms with Crippen molar-refractivity contribution in [3.05, 3.63) is 60.2 Å². The molecular formula is C17H18BF3. The van der Waals surface area contributed by atoms with Gasteiger partial charge in [0.25, 0.3) is 0 Å². The van der Waals surface area contributed by atoms with Crippen LogP contribution in [0, 0.1) is 0 Å². The van der Waals surface area contributed by atoms with Crippen LogP contribution in [0.15, 0.2) is 54.6 Å². The first kappa shape index (κ1) is 15.7. The van der Waals surface area contributed by atoms with Crippen molar-refractivity contribution in [2.24, 2.45) is 0 Å². The summed E-state index contributed by atoms with van der Waals surface area (Å²) in [5.74, 6) is 0. The molecule has 2 rings (SSSR count). The molecular weight excluding hydrogens is 272 g/mol. The van der Waals surface area contributed by atoms with Gasteiger partial charge in [-0.05, 0) is 0 Å². The average Bonchev–Trinajstić information content (AvgIpc) is 2.48. The summed E-state index contributed by atoms with van der Waals surface area (Å²) in [6.45, 7) is 1.85. The number of halogens is 3. The Bertz CT molecular complexity index is 564. The molecule has 0 fully saturated rings. The van der Waals surface area contributed by atoms with Crippen LogP contribution in [0.2, 0.25) is 6.32 Å². The summed E-state index contributed by atoms with van der Waals surface area (Å²) in [6.07, 6.45) is -1.70. The molecule has 0 nitrogen and oxygen atoms in total. The second kappa shape index (κ2) is 6.84. The Labute approximate surface area is 124 Å². The number of hydrogen-bond donors (Lipinski definition) is 0. The fourth-order valence-electron chi connectivity index (χ4n) is 2.65. The predicted octanol–water partition coefficient (Wildman–Crippen LogP) is 4.11. The Balaban J connectivity index is 2.47. The van der Waals surface area contributed by atoms with Crippen LogP contribution >= 0.6 is 0 Å². The van der Waals surface area contributed by atoms with Crippen molar-refractivity contribution in [3.63, 3.8) is 0 Å². The molecule has 0 saturated carbocycles. The molecule has 0 spiro atoms. The highest BCUT2D eigenvalue weighted by Gasteiger charge is 2.35. The minimum atomic E-state index is -4.31. The fourth-order valence-corrected chi connectivity index (χ4v) is 2.65. The number of hydrogen-bond acceptors (Lipinski definition) is 0. The maximum atomic E-state index is 13.2. The van der Waals surface area contributed by atoms with Gasteiger partial charge in [-0.25, -0.2) is 0 Å². The van der Waals surface area contributed by atoms with Crippen molar-refractivity contribution in [3.8, 4) is 0 Å². The third-order valence-electron chi connectivity index (χ3n) is 3.69. The van der Waals surface area contributed by atoms with Gasteiger partial charge in [-0.2, -0.15) is 13.2 Å². The van der Waals surface area contributed by atoms with E-state index >= 15 is 0 Å². The quantitative estimate of drug-likeness (QED) is 0.727. The second-order valence-corrected chi connectivity index (χ2v) is 5.19. The summed E-state index contributed by atoms with van der Waals surface area (Å²) in [4.78, 5) is 0. The van der Waals surface area contributed by atoms with Crippen LogP contribution in [0.1, 0.15) is 25.3 Å². The van der Waals surface area contributed by atoms with E-state index in [0.29, 0.717) is 5.46 Å². The Morgan fingerprint density at radius 1 is 0.905 bits per heavy atom. The number of alkyl halides is 3. The fraction of sp³-hybridized carbons (Fsp3) is 0.294. The van der Waals surface area contributed by atoms with Crippen molar-refractivity contribution >= 4 is 17.6 Å². The highest BCUT2D eigenvalue weighted by molar-refractivity contribution is 6.85. The molecule has 0 unspecified atom stereocenters. The third kappa shape index (κ3) is 3.90. The van der Waals surface area contributed by atoms with Gasteiger partial charge in [0.15, 0.2) is 0 Å². The van der Waals surface area contributed by atoms with E-state index in [-0.39, 0.29) is 6.71 Å². The van der Waals surface area contributed by atoms with E-state index in [1.807, 2.05) is 30.3 Å². The van der Waals surface area contributed by atoms with Crippen LogP contribution in [-0.4, -0.2) is 6.71 Å². The normalized spacial score (nSPS) is 11.4. The Kier molecular flexibility index (Phi) is 5.10. The molecule has 0 amide bonds. The molecule has 0 bridgehead atoms. The van der Waals surface area contributed by atoms with Gasteiger partial charge in [0.1, 0.15) is 0 Å². The van der Waals surface area contributed by atoms with Gasteiger partial charge >= 0.3 is 6.18 Å². The van der Waals surface area contributed by atoms with Crippen LogP contribution in [0.4, 0.5) is 13.2 Å². The van der Waals surface area contributed by atoms with Crippen molar-refractivity contribution in [1.29, 1.82) is 0 Å². The van der Waals surface area contributed by atoms with E-state index in [1.54, 1.807) is 12.1 Å². The Hall–Kier alpha value is -1.71. The molecule has 2 aromatic carbocycles. The van der Waals surface area contributed by atoms with E-state index in [2.05, 4.69) is 6.92 Å². The Morgan fingerprint density at radius 2 is 1.52 bits per heavy atom. The van der Waals surface area contributed by atoms with Crippen LogP contribution in [0.5, 0.6) is 0 Å². The predicted molar refractivity (Wildman–Crippen MR) is 82.6 cm³/mol. The SMILES string of the molecule is CCCCB(c1ccccc1)c1ccccc1C(F)(F)F. The molecule has 0 saturated heterocycles. The van der Waals surface area contributed by atoms with Crippen LogP contribution < -0.4 is 10.9 Å². The monoisotopic (exact) mass is 290 g/mol. The summed E-state index contributed by atoms with van der Waals surface area (Å²) in [5.41, 5.74) is 0.808. The third-order valence-corrected chi connectivity index (χ3v) is 3.69. The van der Waals surface area contributed by atoms with E-state index in [1.165, 1.54) is 12.1 Å². The zero-order valence-electron chi connectivity index (χ0n) is 12.0. The van der Waals surface area contributed by atoms with E-state index in [0.717, 1.165) is 24.6 Å². The molecule has 0 atom stereocenters. The first-order valence-electron chi connectivity index (χ1n) is 7.25. The minimum Gasteiger partial charge on any atom is -0.166 e. The van der Waals surface area contributed by atoms with Gasteiger partial charge in [0.2, 0.25) is 6.71 Å². The highest BCUT2D eigenvalue weighted by Crippen LogP contribution is 2.28. The average molecular weight is 290 g/mol. The maximum Gasteiger partial charge on any atom is 0.415 e. The minimum absolute atomic E-state index is 0.205. The van der Waals surface area contributed by atoms with Crippen molar-refractivity contribution in [1.82, 2.24) is 0 Å². The van der Waals surface area contributed by atoms with Gasteiger partial charge in [-0.1, -0.05) is 91.6 Å². The lowest BCUT2D eigenvalue weighted by atomic mass is 9.37. The first-order valence-corrected chi connectivity index (χ1v) is 7.25. The number of unbranched alkanes of at least 4 members (excludes halogenated alkanes) is 1. The van der Waals surface area contributed by atoms with E-state index in [9.17, 15) is 13.2 Å². The number of benzene rings is 2. The van der Waals surface area contributed by atoms with Gasteiger partial charge in [-0.3, -0.25) is 0 Å². The zero-order valence-corrected chi connectivity index (χ0v) is 12.0. The second-order valence-electron chi connectivity index (χ2n) is 5.19. The van der Waals surface area contributed by atoms with Gasteiger partial charge in [0, 0.05) is 0 Å².